The first-order valence-corrected chi connectivity index (χ1v) is 6.06. The number of hydrogen-bond donors (Lipinski definition) is 1. The summed E-state index contributed by atoms with van der Waals surface area (Å²) in [5.41, 5.74) is 0.512. The number of rotatable bonds is 6. The number of nitro benzene ring substituents is 1. The zero-order valence-corrected chi connectivity index (χ0v) is 11.1. The van der Waals surface area contributed by atoms with Gasteiger partial charge in [-0.1, -0.05) is 18.2 Å². The lowest BCUT2D eigenvalue weighted by molar-refractivity contribution is -0.385. The predicted octanol–water partition coefficient (Wildman–Crippen LogP) is 1.71. The van der Waals surface area contributed by atoms with E-state index < -0.39 is 11.0 Å². The Labute approximate surface area is 111 Å². The number of amides is 1. The topological polar surface area (TPSA) is 83.7 Å². The number of benzene rings is 1. The second-order valence-corrected chi connectivity index (χ2v) is 4.52. The number of aliphatic hydroxyl groups is 1. The molecule has 6 nitrogen and oxygen atoms in total. The second kappa shape index (κ2) is 6.84. The third-order valence-electron chi connectivity index (χ3n) is 2.80. The van der Waals surface area contributed by atoms with Gasteiger partial charge in [0.2, 0.25) is 5.91 Å². The van der Waals surface area contributed by atoms with Crippen LogP contribution in [0.2, 0.25) is 0 Å². The quantitative estimate of drug-likeness (QED) is 0.627. The van der Waals surface area contributed by atoms with E-state index in [1.807, 2.05) is 0 Å². The maximum Gasteiger partial charge on any atom is 0.274 e. The molecule has 1 N–H and O–H groups in total. The summed E-state index contributed by atoms with van der Waals surface area (Å²) in [7, 11) is 1.60. The van der Waals surface area contributed by atoms with Gasteiger partial charge in [0.1, 0.15) is 0 Å². The minimum absolute atomic E-state index is 0.0117. The van der Waals surface area contributed by atoms with Gasteiger partial charge in [0.05, 0.1) is 17.6 Å². The van der Waals surface area contributed by atoms with Gasteiger partial charge in [-0.3, -0.25) is 14.9 Å². The van der Waals surface area contributed by atoms with Crippen molar-refractivity contribution >= 4 is 11.6 Å². The van der Waals surface area contributed by atoms with Gasteiger partial charge in [-0.05, 0) is 13.3 Å². The average molecular weight is 266 g/mol. The lowest BCUT2D eigenvalue weighted by atomic mass is 10.1. The Kier molecular flexibility index (Phi) is 5.44. The fourth-order valence-corrected chi connectivity index (χ4v) is 1.69. The highest BCUT2D eigenvalue weighted by Crippen LogP contribution is 2.19. The summed E-state index contributed by atoms with van der Waals surface area (Å²) in [6, 6.07) is 6.35. The molecule has 104 valence electrons. The summed E-state index contributed by atoms with van der Waals surface area (Å²) >= 11 is 0. The molecule has 0 bridgehead atoms. The zero-order valence-electron chi connectivity index (χ0n) is 11.1. The summed E-state index contributed by atoms with van der Waals surface area (Å²) in [6.45, 7) is 1.81. The molecule has 0 saturated carbocycles. The Bertz CT molecular complexity index is 460. The summed E-state index contributed by atoms with van der Waals surface area (Å²) in [4.78, 5) is 23.6. The molecule has 0 aliphatic rings. The molecule has 0 heterocycles. The molecule has 1 aromatic carbocycles. The first kappa shape index (κ1) is 15.1. The van der Waals surface area contributed by atoms with E-state index in [0.29, 0.717) is 12.0 Å². The first-order valence-electron chi connectivity index (χ1n) is 6.06. The van der Waals surface area contributed by atoms with Crippen LogP contribution in [0.15, 0.2) is 24.3 Å². The van der Waals surface area contributed by atoms with Crippen LogP contribution in [0, 0.1) is 10.1 Å². The van der Waals surface area contributed by atoms with Crippen LogP contribution in [0.4, 0.5) is 5.69 Å². The Balaban J connectivity index is 2.69. The van der Waals surface area contributed by atoms with E-state index in [2.05, 4.69) is 0 Å². The zero-order chi connectivity index (χ0) is 14.4. The van der Waals surface area contributed by atoms with Crippen molar-refractivity contribution < 1.29 is 14.8 Å². The largest absolute Gasteiger partial charge is 0.393 e. The van der Waals surface area contributed by atoms with E-state index in [9.17, 15) is 14.9 Å². The number of carbonyl (C=O) groups excluding carboxylic acids is 1. The van der Waals surface area contributed by atoms with Gasteiger partial charge in [-0.2, -0.15) is 0 Å². The van der Waals surface area contributed by atoms with Crippen molar-refractivity contribution in [1.82, 2.24) is 4.90 Å². The monoisotopic (exact) mass is 266 g/mol. The number of hydrogen-bond acceptors (Lipinski definition) is 4. The third-order valence-corrected chi connectivity index (χ3v) is 2.80. The summed E-state index contributed by atoms with van der Waals surface area (Å²) in [5, 5.41) is 20.0. The molecule has 0 radical (unpaired) electrons. The van der Waals surface area contributed by atoms with Crippen LogP contribution in [0.1, 0.15) is 25.3 Å². The van der Waals surface area contributed by atoms with Crippen LogP contribution >= 0.6 is 0 Å². The molecular formula is C13H18N2O4. The Hall–Kier alpha value is -1.95. The highest BCUT2D eigenvalue weighted by molar-refractivity contribution is 5.76. The van der Waals surface area contributed by atoms with Crippen LogP contribution in [0.25, 0.3) is 0 Å². The SMILES string of the molecule is CC(O)CCC(=O)N(C)Cc1ccccc1[N+](=O)[O-]. The molecule has 0 spiro atoms. The van der Waals surface area contributed by atoms with E-state index in [1.165, 1.54) is 11.0 Å². The van der Waals surface area contributed by atoms with Crippen molar-refractivity contribution in [2.24, 2.45) is 0 Å². The molecular weight excluding hydrogens is 248 g/mol. The van der Waals surface area contributed by atoms with Crippen molar-refractivity contribution in [2.45, 2.75) is 32.4 Å². The molecule has 19 heavy (non-hydrogen) atoms. The number of aliphatic hydroxyl groups excluding tert-OH is 1. The lowest BCUT2D eigenvalue weighted by Crippen LogP contribution is -2.27. The summed E-state index contributed by atoms with van der Waals surface area (Å²) < 4.78 is 0. The number of carbonyl (C=O) groups is 1. The van der Waals surface area contributed by atoms with Gasteiger partial charge in [0.25, 0.3) is 5.69 Å². The molecule has 0 saturated heterocycles. The second-order valence-electron chi connectivity index (χ2n) is 4.52. The van der Waals surface area contributed by atoms with Crippen LogP contribution in [-0.2, 0) is 11.3 Å². The molecule has 1 aromatic rings. The Morgan fingerprint density at radius 2 is 2.11 bits per heavy atom. The summed E-state index contributed by atoms with van der Waals surface area (Å²) in [5.74, 6) is -0.140. The fourth-order valence-electron chi connectivity index (χ4n) is 1.69. The van der Waals surface area contributed by atoms with Crippen molar-refractivity contribution in [3.63, 3.8) is 0 Å². The molecule has 1 atom stereocenters. The lowest BCUT2D eigenvalue weighted by Gasteiger charge is -2.17. The van der Waals surface area contributed by atoms with Gasteiger partial charge in [-0.15, -0.1) is 0 Å². The molecule has 0 aliphatic carbocycles. The number of nitro groups is 1. The molecule has 1 amide bonds. The van der Waals surface area contributed by atoms with Crippen LogP contribution in [0.3, 0.4) is 0 Å². The summed E-state index contributed by atoms with van der Waals surface area (Å²) in [6.07, 6.45) is 0.0953. The number of para-hydroxylation sites is 1. The van der Waals surface area contributed by atoms with E-state index >= 15 is 0 Å². The Morgan fingerprint density at radius 3 is 2.68 bits per heavy atom. The van der Waals surface area contributed by atoms with E-state index in [1.54, 1.807) is 32.2 Å². The van der Waals surface area contributed by atoms with Gasteiger partial charge in [0.15, 0.2) is 0 Å². The van der Waals surface area contributed by atoms with Gasteiger partial charge >= 0.3 is 0 Å². The third kappa shape index (κ3) is 4.67. The fraction of sp³-hybridized carbons (Fsp3) is 0.462. The first-order chi connectivity index (χ1) is 8.91. The molecule has 0 fully saturated rings. The van der Waals surface area contributed by atoms with E-state index in [0.717, 1.165) is 0 Å². The van der Waals surface area contributed by atoms with Gasteiger partial charge in [-0.25, -0.2) is 0 Å². The maximum atomic E-state index is 11.8. The van der Waals surface area contributed by atoms with Gasteiger partial charge < -0.3 is 10.0 Å². The predicted molar refractivity (Wildman–Crippen MR) is 70.5 cm³/mol. The van der Waals surface area contributed by atoms with E-state index in [-0.39, 0.29) is 24.6 Å². The minimum atomic E-state index is -0.525. The number of nitrogens with zero attached hydrogens (tertiary/aromatic N) is 2. The van der Waals surface area contributed by atoms with Crippen molar-refractivity contribution in [2.75, 3.05) is 7.05 Å². The van der Waals surface area contributed by atoms with Gasteiger partial charge in [0, 0.05) is 25.1 Å². The average Bonchev–Trinajstić information content (AvgIpc) is 2.36. The molecule has 0 aliphatic heterocycles. The van der Waals surface area contributed by atoms with Crippen molar-refractivity contribution in [1.29, 1.82) is 0 Å². The van der Waals surface area contributed by atoms with Crippen molar-refractivity contribution in [3.8, 4) is 0 Å². The molecule has 0 aromatic heterocycles. The Morgan fingerprint density at radius 1 is 1.47 bits per heavy atom. The van der Waals surface area contributed by atoms with Crippen molar-refractivity contribution in [3.05, 3.63) is 39.9 Å². The molecule has 6 heteroatoms. The standard InChI is InChI=1S/C13H18N2O4/c1-10(16)7-8-13(17)14(2)9-11-5-3-4-6-12(11)15(18)19/h3-6,10,16H,7-9H2,1-2H3. The van der Waals surface area contributed by atoms with Crippen LogP contribution < -0.4 is 0 Å². The molecule has 1 rings (SSSR count). The maximum absolute atomic E-state index is 11.8. The highest BCUT2D eigenvalue weighted by atomic mass is 16.6. The minimum Gasteiger partial charge on any atom is -0.393 e. The smallest absolute Gasteiger partial charge is 0.274 e. The molecule has 1 unspecified atom stereocenters. The van der Waals surface area contributed by atoms with E-state index in [4.69, 9.17) is 5.11 Å². The van der Waals surface area contributed by atoms with Crippen LogP contribution in [0.5, 0.6) is 0 Å². The highest BCUT2D eigenvalue weighted by Gasteiger charge is 2.16. The normalized spacial score (nSPS) is 11.9. The van der Waals surface area contributed by atoms with Crippen LogP contribution in [-0.4, -0.2) is 34.0 Å².